The Bertz CT molecular complexity index is 426. The van der Waals surface area contributed by atoms with E-state index in [-0.39, 0.29) is 5.57 Å². The van der Waals surface area contributed by atoms with E-state index in [2.05, 4.69) is 23.1 Å². The first kappa shape index (κ1) is 10.8. The lowest BCUT2D eigenvalue weighted by molar-refractivity contribution is -0.132. The van der Waals surface area contributed by atoms with Crippen LogP contribution in [0.2, 0.25) is 0 Å². The van der Waals surface area contributed by atoms with Gasteiger partial charge in [-0.25, -0.2) is 4.79 Å². The fourth-order valence-electron chi connectivity index (χ4n) is 1.07. The average Bonchev–Trinajstić information content (AvgIpc) is 2.21. The number of aliphatic carboxylic acids is 1. The van der Waals surface area contributed by atoms with E-state index in [1.54, 1.807) is 6.08 Å². The maximum absolute atomic E-state index is 10.7. The lowest BCUT2D eigenvalue weighted by atomic mass is 10.0. The molecule has 0 aromatic heterocycles. The zero-order chi connectivity index (χ0) is 11.3. The van der Waals surface area contributed by atoms with E-state index in [4.69, 9.17) is 5.11 Å². The number of carbonyl (C=O) groups is 1. The van der Waals surface area contributed by atoms with Gasteiger partial charge in [0, 0.05) is 12.4 Å². The molecular weight excluding hydrogens is 192 g/mol. The predicted octanol–water partition coefficient (Wildman–Crippen LogP) is 1.74. The van der Waals surface area contributed by atoms with Gasteiger partial charge in [0.15, 0.2) is 0 Å². The third-order valence-electron chi connectivity index (χ3n) is 1.68. The lowest BCUT2D eigenvalue weighted by Gasteiger charge is -2.06. The highest BCUT2D eigenvalue weighted by atomic mass is 16.4. The maximum atomic E-state index is 10.7. The van der Waals surface area contributed by atoms with Gasteiger partial charge in [-0.05, 0) is 18.2 Å². The molecule has 0 spiro atoms. The molecule has 1 N–H and O–H groups in total. The van der Waals surface area contributed by atoms with Crippen LogP contribution < -0.4 is 0 Å². The molecule has 0 amide bonds. The van der Waals surface area contributed by atoms with E-state index in [0.29, 0.717) is 11.4 Å². The zero-order valence-electron chi connectivity index (χ0n) is 8.05. The molecule has 4 heteroatoms. The summed E-state index contributed by atoms with van der Waals surface area (Å²) in [6, 6.07) is 0. The molecule has 0 fully saturated rings. The van der Waals surface area contributed by atoms with Crippen LogP contribution >= 0.6 is 0 Å². The summed E-state index contributed by atoms with van der Waals surface area (Å²) >= 11 is 0. The van der Waals surface area contributed by atoms with Crippen molar-refractivity contribution in [1.29, 1.82) is 0 Å². The molecule has 0 bridgehead atoms. The summed E-state index contributed by atoms with van der Waals surface area (Å²) in [6.45, 7) is 6.91. The quantitative estimate of drug-likeness (QED) is 0.708. The molecular formula is C11H10N2O2. The second kappa shape index (κ2) is 4.85. The van der Waals surface area contributed by atoms with Gasteiger partial charge in [-0.15, -0.1) is 0 Å². The second-order valence-corrected chi connectivity index (χ2v) is 2.63. The smallest absolute Gasteiger partial charge is 0.335 e. The number of allylic oxidation sites excluding steroid dienone is 2. The molecule has 4 nitrogen and oxygen atoms in total. The van der Waals surface area contributed by atoms with Crippen LogP contribution in [0.4, 0.5) is 0 Å². The summed E-state index contributed by atoms with van der Waals surface area (Å²) < 4.78 is 0. The van der Waals surface area contributed by atoms with Crippen LogP contribution in [-0.2, 0) is 4.79 Å². The molecule has 0 unspecified atom stereocenters. The number of carboxylic acid groups (broad SMARTS) is 1. The highest BCUT2D eigenvalue weighted by molar-refractivity contribution is 6.52. The van der Waals surface area contributed by atoms with Crippen molar-refractivity contribution < 1.29 is 9.90 Å². The predicted molar refractivity (Wildman–Crippen MR) is 60.1 cm³/mol. The summed E-state index contributed by atoms with van der Waals surface area (Å²) in [6.07, 6.45) is 7.19. The SMILES string of the molecule is C=C/N=C1/C=CC(C(=O)O)=C/C1=N/C=C. The number of nitrogens with zero attached hydrogens (tertiary/aromatic N) is 2. The van der Waals surface area contributed by atoms with Crippen molar-refractivity contribution >= 4 is 17.4 Å². The first-order chi connectivity index (χ1) is 7.19. The second-order valence-electron chi connectivity index (χ2n) is 2.63. The van der Waals surface area contributed by atoms with Crippen molar-refractivity contribution in [1.82, 2.24) is 0 Å². The lowest BCUT2D eigenvalue weighted by Crippen LogP contribution is -2.15. The summed E-state index contributed by atoms with van der Waals surface area (Å²) in [5, 5.41) is 8.78. The van der Waals surface area contributed by atoms with Crippen molar-refractivity contribution in [3.05, 3.63) is 49.4 Å². The first-order valence-electron chi connectivity index (χ1n) is 4.20. The fourth-order valence-corrected chi connectivity index (χ4v) is 1.07. The highest BCUT2D eigenvalue weighted by Crippen LogP contribution is 2.07. The van der Waals surface area contributed by atoms with Crippen LogP contribution in [0.1, 0.15) is 0 Å². The zero-order valence-corrected chi connectivity index (χ0v) is 8.05. The van der Waals surface area contributed by atoms with E-state index in [0.717, 1.165) is 0 Å². The van der Waals surface area contributed by atoms with Crippen LogP contribution in [0.15, 0.2) is 59.3 Å². The molecule has 0 aromatic rings. The Kier molecular flexibility index (Phi) is 3.51. The molecule has 1 rings (SSSR count). The molecule has 15 heavy (non-hydrogen) atoms. The summed E-state index contributed by atoms with van der Waals surface area (Å²) in [4.78, 5) is 18.6. The van der Waals surface area contributed by atoms with Crippen LogP contribution in [0.5, 0.6) is 0 Å². The fraction of sp³-hybridized carbons (Fsp3) is 0. The van der Waals surface area contributed by atoms with Crippen LogP contribution in [0, 0.1) is 0 Å². The van der Waals surface area contributed by atoms with Gasteiger partial charge in [-0.2, -0.15) is 0 Å². The largest absolute Gasteiger partial charge is 0.478 e. The van der Waals surface area contributed by atoms with E-state index >= 15 is 0 Å². The normalized spacial score (nSPS) is 20.1. The van der Waals surface area contributed by atoms with E-state index in [9.17, 15) is 4.79 Å². The Hall–Kier alpha value is -2.23. The Morgan fingerprint density at radius 3 is 2.33 bits per heavy atom. The number of aliphatic imine (C=N–C) groups is 2. The van der Waals surface area contributed by atoms with Crippen molar-refractivity contribution in [2.24, 2.45) is 9.98 Å². The van der Waals surface area contributed by atoms with Crippen LogP contribution in [-0.4, -0.2) is 22.5 Å². The van der Waals surface area contributed by atoms with Crippen molar-refractivity contribution in [2.45, 2.75) is 0 Å². The molecule has 1 aliphatic carbocycles. The Balaban J connectivity index is 3.16. The van der Waals surface area contributed by atoms with E-state index < -0.39 is 5.97 Å². The molecule has 0 heterocycles. The van der Waals surface area contributed by atoms with Crippen molar-refractivity contribution in [3.8, 4) is 0 Å². The van der Waals surface area contributed by atoms with Crippen molar-refractivity contribution in [3.63, 3.8) is 0 Å². The van der Waals surface area contributed by atoms with Gasteiger partial charge in [0.25, 0.3) is 0 Å². The maximum Gasteiger partial charge on any atom is 0.335 e. The molecule has 76 valence electrons. The van der Waals surface area contributed by atoms with E-state index in [1.165, 1.54) is 24.6 Å². The third-order valence-corrected chi connectivity index (χ3v) is 1.68. The van der Waals surface area contributed by atoms with Crippen LogP contribution in [0.3, 0.4) is 0 Å². The summed E-state index contributed by atoms with van der Waals surface area (Å²) in [5.74, 6) is -0.999. The van der Waals surface area contributed by atoms with E-state index in [1.807, 2.05) is 0 Å². The molecule has 0 aromatic carbocycles. The molecule has 0 aliphatic heterocycles. The van der Waals surface area contributed by atoms with Gasteiger partial charge in [0.1, 0.15) is 0 Å². The first-order valence-corrected chi connectivity index (χ1v) is 4.20. The molecule has 0 radical (unpaired) electrons. The van der Waals surface area contributed by atoms with Gasteiger partial charge in [-0.1, -0.05) is 13.2 Å². The summed E-state index contributed by atoms with van der Waals surface area (Å²) in [7, 11) is 0. The third kappa shape index (κ3) is 2.60. The number of hydrogen-bond acceptors (Lipinski definition) is 3. The topological polar surface area (TPSA) is 62.0 Å². The summed E-state index contributed by atoms with van der Waals surface area (Å²) in [5.41, 5.74) is 1.19. The minimum absolute atomic E-state index is 0.165. The van der Waals surface area contributed by atoms with Gasteiger partial charge >= 0.3 is 5.97 Å². The van der Waals surface area contributed by atoms with Gasteiger partial charge in [0.05, 0.1) is 17.0 Å². The molecule has 0 saturated heterocycles. The molecule has 1 aliphatic rings. The van der Waals surface area contributed by atoms with Gasteiger partial charge < -0.3 is 5.11 Å². The molecule has 0 saturated carbocycles. The minimum Gasteiger partial charge on any atom is -0.478 e. The number of hydrogen-bond donors (Lipinski definition) is 1. The Morgan fingerprint density at radius 2 is 1.80 bits per heavy atom. The number of rotatable bonds is 3. The van der Waals surface area contributed by atoms with Crippen LogP contribution in [0.25, 0.3) is 0 Å². The standard InChI is InChI=1S/C11H10N2O2/c1-3-12-9-6-5-8(11(14)15)7-10(9)13-4-2/h3-7H,1-2H2,(H,14,15)/b12-9-,13-10-. The monoisotopic (exact) mass is 202 g/mol. The van der Waals surface area contributed by atoms with Gasteiger partial charge in [0.2, 0.25) is 0 Å². The minimum atomic E-state index is -0.999. The number of carboxylic acids is 1. The highest BCUT2D eigenvalue weighted by Gasteiger charge is 2.13. The average molecular weight is 202 g/mol. The van der Waals surface area contributed by atoms with Gasteiger partial charge in [-0.3, -0.25) is 9.98 Å². The molecule has 0 atom stereocenters. The Morgan fingerprint density at radius 1 is 1.20 bits per heavy atom. The Labute approximate surface area is 87.4 Å². The van der Waals surface area contributed by atoms with Crippen molar-refractivity contribution in [2.75, 3.05) is 0 Å².